The Morgan fingerprint density at radius 1 is 1.26 bits per heavy atom. The predicted octanol–water partition coefficient (Wildman–Crippen LogP) is 1.62. The minimum Gasteiger partial charge on any atom is -0.491 e. The van der Waals surface area contributed by atoms with Crippen molar-refractivity contribution in [3.8, 4) is 5.75 Å². The Balaban J connectivity index is 1.93. The normalized spacial score (nSPS) is 15.4. The van der Waals surface area contributed by atoms with Crippen molar-refractivity contribution in [3.63, 3.8) is 0 Å². The van der Waals surface area contributed by atoms with Crippen LogP contribution in [0.1, 0.15) is 17.5 Å². The standard InChI is InChI=1S/C14H18N2O3/c1-10-4-3-5-11(2)13(10)19-9-8-16-12(17)6-7-15-14(16)18/h3-5H,6-9H2,1-2H3,(H,15,18). The highest BCUT2D eigenvalue weighted by atomic mass is 16.5. The first-order valence-corrected chi connectivity index (χ1v) is 6.37. The van der Waals surface area contributed by atoms with Gasteiger partial charge in [-0.05, 0) is 25.0 Å². The zero-order chi connectivity index (χ0) is 13.8. The van der Waals surface area contributed by atoms with Crippen molar-refractivity contribution in [2.45, 2.75) is 20.3 Å². The van der Waals surface area contributed by atoms with E-state index in [1.54, 1.807) is 0 Å². The minimum atomic E-state index is -0.332. The fourth-order valence-electron chi connectivity index (χ4n) is 2.11. The molecule has 102 valence electrons. The number of ether oxygens (including phenoxy) is 1. The number of carbonyl (C=O) groups excluding carboxylic acids is 2. The van der Waals surface area contributed by atoms with Crippen LogP contribution in [0.2, 0.25) is 0 Å². The molecule has 0 atom stereocenters. The molecule has 1 N–H and O–H groups in total. The van der Waals surface area contributed by atoms with Crippen LogP contribution in [0.15, 0.2) is 18.2 Å². The summed E-state index contributed by atoms with van der Waals surface area (Å²) in [6.07, 6.45) is 0.356. The van der Waals surface area contributed by atoms with Gasteiger partial charge in [0.05, 0.1) is 6.54 Å². The van der Waals surface area contributed by atoms with Crippen LogP contribution in [-0.2, 0) is 4.79 Å². The molecule has 3 amide bonds. The van der Waals surface area contributed by atoms with Crippen molar-refractivity contribution in [2.75, 3.05) is 19.7 Å². The third-order valence-electron chi connectivity index (χ3n) is 3.13. The van der Waals surface area contributed by atoms with E-state index >= 15 is 0 Å². The molecule has 0 spiro atoms. The first kappa shape index (κ1) is 13.4. The highest BCUT2D eigenvalue weighted by molar-refractivity contribution is 5.96. The van der Waals surface area contributed by atoms with Gasteiger partial charge in [-0.3, -0.25) is 9.69 Å². The van der Waals surface area contributed by atoms with Crippen LogP contribution in [0.5, 0.6) is 5.75 Å². The number of nitrogens with one attached hydrogen (secondary N) is 1. The molecule has 0 aliphatic carbocycles. The minimum absolute atomic E-state index is 0.145. The van der Waals surface area contributed by atoms with Crippen molar-refractivity contribution < 1.29 is 14.3 Å². The summed E-state index contributed by atoms with van der Waals surface area (Å²) in [4.78, 5) is 24.3. The topological polar surface area (TPSA) is 58.6 Å². The molecule has 19 heavy (non-hydrogen) atoms. The van der Waals surface area contributed by atoms with Crippen molar-refractivity contribution in [2.24, 2.45) is 0 Å². The molecule has 1 aliphatic rings. The highest BCUT2D eigenvalue weighted by Gasteiger charge is 2.25. The lowest BCUT2D eigenvalue weighted by Crippen LogP contribution is -2.51. The maximum absolute atomic E-state index is 11.6. The smallest absolute Gasteiger partial charge is 0.324 e. The zero-order valence-electron chi connectivity index (χ0n) is 11.2. The molecule has 5 nitrogen and oxygen atoms in total. The summed E-state index contributed by atoms with van der Waals surface area (Å²) < 4.78 is 5.69. The molecule has 1 aliphatic heterocycles. The van der Waals surface area contributed by atoms with Gasteiger partial charge in [-0.25, -0.2) is 4.79 Å². The molecule has 0 radical (unpaired) electrons. The molecular weight excluding hydrogens is 244 g/mol. The Labute approximate surface area is 112 Å². The van der Waals surface area contributed by atoms with Gasteiger partial charge in [0.25, 0.3) is 0 Å². The second-order valence-electron chi connectivity index (χ2n) is 4.60. The average molecular weight is 262 g/mol. The van der Waals surface area contributed by atoms with Crippen LogP contribution in [-0.4, -0.2) is 36.5 Å². The van der Waals surface area contributed by atoms with Gasteiger partial charge in [-0.15, -0.1) is 0 Å². The van der Waals surface area contributed by atoms with E-state index < -0.39 is 0 Å². The molecule has 0 bridgehead atoms. The summed E-state index contributed by atoms with van der Waals surface area (Å²) in [7, 11) is 0. The van der Waals surface area contributed by atoms with E-state index in [2.05, 4.69) is 5.32 Å². The fourth-order valence-corrected chi connectivity index (χ4v) is 2.11. The number of benzene rings is 1. The second kappa shape index (κ2) is 5.73. The van der Waals surface area contributed by atoms with Gasteiger partial charge >= 0.3 is 6.03 Å². The SMILES string of the molecule is Cc1cccc(C)c1OCCN1C(=O)CCNC1=O. The van der Waals surface area contributed by atoms with Crippen LogP contribution in [0.4, 0.5) is 4.79 Å². The first-order valence-electron chi connectivity index (χ1n) is 6.37. The molecule has 0 saturated carbocycles. The number of hydrogen-bond acceptors (Lipinski definition) is 3. The second-order valence-corrected chi connectivity index (χ2v) is 4.60. The maximum atomic E-state index is 11.6. The average Bonchev–Trinajstić information content (AvgIpc) is 2.36. The molecule has 1 aromatic carbocycles. The Morgan fingerprint density at radius 3 is 2.58 bits per heavy atom. The Kier molecular flexibility index (Phi) is 4.04. The molecule has 2 rings (SSSR count). The van der Waals surface area contributed by atoms with E-state index in [1.165, 1.54) is 4.90 Å². The van der Waals surface area contributed by atoms with Gasteiger partial charge in [-0.1, -0.05) is 18.2 Å². The molecule has 0 aromatic heterocycles. The molecule has 1 aromatic rings. The van der Waals surface area contributed by atoms with E-state index in [1.807, 2.05) is 32.0 Å². The monoisotopic (exact) mass is 262 g/mol. The number of urea groups is 1. The Hall–Kier alpha value is -2.04. The van der Waals surface area contributed by atoms with E-state index in [4.69, 9.17) is 4.74 Å². The van der Waals surface area contributed by atoms with Gasteiger partial charge in [0, 0.05) is 13.0 Å². The number of para-hydroxylation sites is 1. The lowest BCUT2D eigenvalue weighted by atomic mass is 10.1. The van der Waals surface area contributed by atoms with Crippen molar-refractivity contribution in [3.05, 3.63) is 29.3 Å². The Morgan fingerprint density at radius 2 is 1.95 bits per heavy atom. The molecule has 1 saturated heterocycles. The maximum Gasteiger partial charge on any atom is 0.324 e. The summed E-state index contributed by atoms with van der Waals surface area (Å²) in [6.45, 7) is 4.96. The molecule has 0 unspecified atom stereocenters. The summed E-state index contributed by atoms with van der Waals surface area (Å²) in [5, 5.41) is 2.64. The van der Waals surface area contributed by atoms with Crippen molar-refractivity contribution in [1.82, 2.24) is 10.2 Å². The number of aryl methyl sites for hydroxylation is 2. The van der Waals surface area contributed by atoms with E-state index in [-0.39, 0.29) is 18.5 Å². The fraction of sp³-hybridized carbons (Fsp3) is 0.429. The van der Waals surface area contributed by atoms with Crippen LogP contribution in [0.3, 0.4) is 0 Å². The zero-order valence-corrected chi connectivity index (χ0v) is 11.2. The van der Waals surface area contributed by atoms with Gasteiger partial charge in [0.1, 0.15) is 12.4 Å². The number of imide groups is 1. The van der Waals surface area contributed by atoms with E-state index in [9.17, 15) is 9.59 Å². The number of rotatable bonds is 4. The van der Waals surface area contributed by atoms with E-state index in [0.717, 1.165) is 16.9 Å². The van der Waals surface area contributed by atoms with Crippen molar-refractivity contribution >= 4 is 11.9 Å². The third kappa shape index (κ3) is 3.05. The van der Waals surface area contributed by atoms with Crippen LogP contribution in [0.25, 0.3) is 0 Å². The lowest BCUT2D eigenvalue weighted by Gasteiger charge is -2.25. The molecule has 1 fully saturated rings. The first-order chi connectivity index (χ1) is 9.09. The van der Waals surface area contributed by atoms with E-state index in [0.29, 0.717) is 19.6 Å². The van der Waals surface area contributed by atoms with Gasteiger partial charge in [0.2, 0.25) is 5.91 Å². The van der Waals surface area contributed by atoms with Crippen LogP contribution >= 0.6 is 0 Å². The lowest BCUT2D eigenvalue weighted by molar-refractivity contribution is -0.129. The molecular formula is C14H18N2O3. The number of carbonyl (C=O) groups is 2. The van der Waals surface area contributed by atoms with Crippen LogP contribution in [0, 0.1) is 13.8 Å². The van der Waals surface area contributed by atoms with Gasteiger partial charge < -0.3 is 10.1 Å². The van der Waals surface area contributed by atoms with Gasteiger partial charge in [-0.2, -0.15) is 0 Å². The molecule has 5 heteroatoms. The van der Waals surface area contributed by atoms with Crippen molar-refractivity contribution in [1.29, 1.82) is 0 Å². The summed E-state index contributed by atoms with van der Waals surface area (Å²) in [5.74, 6) is 0.682. The van der Waals surface area contributed by atoms with Crippen LogP contribution < -0.4 is 10.1 Å². The quantitative estimate of drug-likeness (QED) is 0.897. The Bertz CT molecular complexity index is 463. The number of amides is 3. The third-order valence-corrected chi connectivity index (χ3v) is 3.13. The summed E-state index contributed by atoms with van der Waals surface area (Å²) in [5.41, 5.74) is 2.10. The van der Waals surface area contributed by atoms with Gasteiger partial charge in [0.15, 0.2) is 0 Å². The summed E-state index contributed by atoms with van der Waals surface area (Å²) >= 11 is 0. The number of nitrogens with zero attached hydrogens (tertiary/aromatic N) is 1. The highest BCUT2D eigenvalue weighted by Crippen LogP contribution is 2.22. The summed E-state index contributed by atoms with van der Waals surface area (Å²) in [6, 6.07) is 5.59. The molecule has 1 heterocycles. The predicted molar refractivity (Wildman–Crippen MR) is 71.1 cm³/mol. The largest absolute Gasteiger partial charge is 0.491 e. The number of hydrogen-bond donors (Lipinski definition) is 1.